The number of likely N-dealkylation sites (tertiary alicyclic amines) is 1. The van der Waals surface area contributed by atoms with Crippen molar-refractivity contribution >= 4 is 16.6 Å². The van der Waals surface area contributed by atoms with E-state index in [1.807, 2.05) is 37.2 Å². The van der Waals surface area contributed by atoms with E-state index in [0.717, 1.165) is 72.0 Å². The van der Waals surface area contributed by atoms with E-state index in [1.54, 1.807) is 0 Å². The standard InChI is InChI=1S/C34H37FN8O3/c1-18(26-10-20(35)15-42(26)2)45-32-23-13-39-43(28-14-38-34(28)16-44-17-34)27(23)11-25(40-32)30-21-4-3-8-33(31(21)46-41-30)9-7-19-5-6-24(37)22(12-36)29(19)33/h5-6,11,13,18,20,26,28,38H,3-4,7-10,14-17,37H2,1-2H3/t18-,20+,26-,28+,33-/m0/s1. The Kier molecular flexibility index (Phi) is 6.11. The summed E-state index contributed by atoms with van der Waals surface area (Å²) in [6.07, 6.45) is 5.37. The molecule has 3 N–H and O–H groups in total. The zero-order valence-corrected chi connectivity index (χ0v) is 26.1. The molecule has 0 saturated carbocycles. The van der Waals surface area contributed by atoms with E-state index in [0.29, 0.717) is 54.7 Å². The summed E-state index contributed by atoms with van der Waals surface area (Å²) < 4.78 is 34.9. The van der Waals surface area contributed by atoms with Gasteiger partial charge in [0.1, 0.15) is 24.0 Å². The zero-order chi connectivity index (χ0) is 31.4. The second-order valence-corrected chi connectivity index (χ2v) is 14.0. The van der Waals surface area contributed by atoms with E-state index in [-0.39, 0.29) is 23.7 Å². The number of anilines is 1. The molecule has 12 heteroatoms. The lowest BCUT2D eigenvalue weighted by Crippen LogP contribution is -2.75. The second kappa shape index (κ2) is 9.97. The van der Waals surface area contributed by atoms with E-state index < -0.39 is 11.6 Å². The van der Waals surface area contributed by atoms with Gasteiger partial charge in [0.05, 0.1) is 58.6 Å². The fourth-order valence-corrected chi connectivity index (χ4v) is 8.95. The van der Waals surface area contributed by atoms with Crippen molar-refractivity contribution in [3.8, 4) is 23.3 Å². The number of aryl methyl sites for hydroxylation is 1. The Morgan fingerprint density at radius 1 is 1.26 bits per heavy atom. The van der Waals surface area contributed by atoms with Crippen molar-refractivity contribution in [2.24, 2.45) is 0 Å². The van der Waals surface area contributed by atoms with Crippen LogP contribution in [0.3, 0.4) is 0 Å². The molecule has 0 radical (unpaired) electrons. The van der Waals surface area contributed by atoms with Gasteiger partial charge in [-0.15, -0.1) is 0 Å². The summed E-state index contributed by atoms with van der Waals surface area (Å²) in [6.45, 7) is 4.46. The van der Waals surface area contributed by atoms with Gasteiger partial charge in [0.15, 0.2) is 5.76 Å². The Balaban J connectivity index is 1.17. The average molecular weight is 625 g/mol. The molecular formula is C34H37FN8O3. The van der Waals surface area contributed by atoms with Crippen LogP contribution in [-0.2, 0) is 23.0 Å². The number of nitriles is 1. The van der Waals surface area contributed by atoms with Crippen LogP contribution in [0.4, 0.5) is 10.1 Å². The Morgan fingerprint density at radius 2 is 2.13 bits per heavy atom. The molecule has 11 nitrogen and oxygen atoms in total. The van der Waals surface area contributed by atoms with Gasteiger partial charge in [-0.25, -0.2) is 9.37 Å². The molecule has 9 rings (SSSR count). The number of alkyl halides is 1. The highest BCUT2D eigenvalue weighted by Crippen LogP contribution is 2.54. The topological polar surface area (TPSA) is 140 Å². The van der Waals surface area contributed by atoms with Crippen LogP contribution in [0.1, 0.15) is 66.7 Å². The molecule has 1 aromatic carbocycles. The highest BCUT2D eigenvalue weighted by molar-refractivity contribution is 5.87. The number of likely N-dealkylation sites (N-methyl/N-ethyl adjacent to an activating group) is 1. The van der Waals surface area contributed by atoms with Gasteiger partial charge >= 0.3 is 0 Å². The SMILES string of the molecule is C[C@H](Oc1nc(-c2noc3c2CCC[C@@]32CCc3ccc(N)c(C#N)c32)cc2c1cnn2[C@@H]1CNC12COC2)[C@@H]1C[C@@H](F)CN1C. The number of nitrogen functional groups attached to an aromatic ring is 1. The third kappa shape index (κ3) is 3.82. The first-order valence-electron chi connectivity index (χ1n) is 16.4. The van der Waals surface area contributed by atoms with Gasteiger partial charge in [0, 0.05) is 30.4 Å². The summed E-state index contributed by atoms with van der Waals surface area (Å²) in [5.41, 5.74) is 12.2. The van der Waals surface area contributed by atoms with Crippen LogP contribution in [0.25, 0.3) is 22.3 Å². The monoisotopic (exact) mass is 624 g/mol. The van der Waals surface area contributed by atoms with Gasteiger partial charge in [-0.2, -0.15) is 10.4 Å². The van der Waals surface area contributed by atoms with Crippen molar-refractivity contribution in [2.75, 3.05) is 39.1 Å². The zero-order valence-electron chi connectivity index (χ0n) is 26.1. The van der Waals surface area contributed by atoms with E-state index >= 15 is 0 Å². The van der Waals surface area contributed by atoms with Crippen LogP contribution in [0.5, 0.6) is 5.88 Å². The molecule has 2 aliphatic carbocycles. The molecule has 3 fully saturated rings. The molecule has 0 unspecified atom stereocenters. The Bertz CT molecular complexity index is 1920. The minimum Gasteiger partial charge on any atom is -0.472 e. The van der Waals surface area contributed by atoms with Crippen molar-refractivity contribution in [1.82, 2.24) is 30.1 Å². The molecule has 3 saturated heterocycles. The molecule has 0 amide bonds. The highest BCUT2D eigenvalue weighted by atomic mass is 19.1. The summed E-state index contributed by atoms with van der Waals surface area (Å²) in [6, 6.07) is 8.38. The third-order valence-electron chi connectivity index (χ3n) is 11.5. The van der Waals surface area contributed by atoms with Crippen molar-refractivity contribution in [2.45, 2.75) is 80.8 Å². The van der Waals surface area contributed by atoms with Crippen molar-refractivity contribution in [3.05, 3.63) is 52.4 Å². The second-order valence-electron chi connectivity index (χ2n) is 14.0. The molecule has 4 aromatic rings. The number of pyridine rings is 1. The minimum atomic E-state index is -0.873. The highest BCUT2D eigenvalue weighted by Gasteiger charge is 2.54. The first-order chi connectivity index (χ1) is 22.3. The molecule has 0 bridgehead atoms. The lowest BCUT2D eigenvalue weighted by atomic mass is 9.68. The molecule has 3 aromatic heterocycles. The van der Waals surface area contributed by atoms with Crippen LogP contribution < -0.4 is 15.8 Å². The Hall–Kier alpha value is -4.05. The maximum atomic E-state index is 14.3. The maximum absolute atomic E-state index is 14.3. The number of halogens is 1. The van der Waals surface area contributed by atoms with Crippen molar-refractivity contribution in [1.29, 1.82) is 5.26 Å². The molecule has 5 atom stereocenters. The van der Waals surface area contributed by atoms with Crippen LogP contribution >= 0.6 is 0 Å². The number of nitrogens with one attached hydrogen (secondary N) is 1. The molecule has 5 aliphatic rings. The fourth-order valence-electron chi connectivity index (χ4n) is 8.95. The first kappa shape index (κ1) is 28.2. The summed E-state index contributed by atoms with van der Waals surface area (Å²) >= 11 is 0. The smallest absolute Gasteiger partial charge is 0.225 e. The number of aromatic nitrogens is 4. The quantitative estimate of drug-likeness (QED) is 0.315. The maximum Gasteiger partial charge on any atom is 0.225 e. The summed E-state index contributed by atoms with van der Waals surface area (Å²) in [4.78, 5) is 7.10. The van der Waals surface area contributed by atoms with Gasteiger partial charge in [0.2, 0.25) is 5.88 Å². The number of nitrogens with zero attached hydrogens (tertiary/aromatic N) is 6. The predicted molar refractivity (Wildman–Crippen MR) is 167 cm³/mol. The lowest BCUT2D eigenvalue weighted by molar-refractivity contribution is -0.139. The predicted octanol–water partition coefficient (Wildman–Crippen LogP) is 3.83. The Labute approximate surface area is 265 Å². The van der Waals surface area contributed by atoms with Gasteiger partial charge in [0.25, 0.3) is 0 Å². The summed E-state index contributed by atoms with van der Waals surface area (Å²) in [5, 5.41) is 24.0. The molecule has 2 spiro atoms. The van der Waals surface area contributed by atoms with Gasteiger partial charge in [-0.05, 0) is 75.8 Å². The van der Waals surface area contributed by atoms with Crippen LogP contribution in [0.2, 0.25) is 0 Å². The minimum absolute atomic E-state index is 0.0688. The molecule has 6 heterocycles. The van der Waals surface area contributed by atoms with Crippen molar-refractivity contribution < 1.29 is 18.4 Å². The largest absolute Gasteiger partial charge is 0.472 e. The number of hydrogen-bond donors (Lipinski definition) is 2. The normalized spacial score (nSPS) is 28.5. The lowest BCUT2D eigenvalue weighted by Gasteiger charge is -2.55. The van der Waals surface area contributed by atoms with E-state index in [2.05, 4.69) is 27.3 Å². The molecule has 3 aliphatic heterocycles. The molecule has 46 heavy (non-hydrogen) atoms. The van der Waals surface area contributed by atoms with E-state index in [9.17, 15) is 9.65 Å². The number of benzene rings is 1. The number of rotatable bonds is 5. The van der Waals surface area contributed by atoms with E-state index in [4.69, 9.17) is 29.8 Å². The van der Waals surface area contributed by atoms with E-state index in [1.165, 1.54) is 0 Å². The molecular weight excluding hydrogens is 587 g/mol. The summed E-state index contributed by atoms with van der Waals surface area (Å²) in [7, 11) is 1.94. The average Bonchev–Trinajstić information content (AvgIpc) is 3.78. The number of fused-ring (bicyclic) bond motifs is 5. The first-order valence-corrected chi connectivity index (χ1v) is 16.4. The summed E-state index contributed by atoms with van der Waals surface area (Å²) in [5.74, 6) is 1.28. The fraction of sp³-hybridized carbons (Fsp3) is 0.529. The van der Waals surface area contributed by atoms with Gasteiger partial charge in [-0.1, -0.05) is 11.2 Å². The molecule has 238 valence electrons. The van der Waals surface area contributed by atoms with Crippen LogP contribution in [0, 0.1) is 11.3 Å². The van der Waals surface area contributed by atoms with Crippen LogP contribution in [0.15, 0.2) is 28.9 Å². The number of nitrogens with two attached hydrogens (primary N) is 1. The van der Waals surface area contributed by atoms with Crippen molar-refractivity contribution in [3.63, 3.8) is 0 Å². The Morgan fingerprint density at radius 3 is 2.85 bits per heavy atom. The third-order valence-corrected chi connectivity index (χ3v) is 11.5. The number of hydrogen-bond acceptors (Lipinski definition) is 10. The van der Waals surface area contributed by atoms with Gasteiger partial charge in [-0.3, -0.25) is 9.58 Å². The number of ether oxygens (including phenoxy) is 2. The van der Waals surface area contributed by atoms with Gasteiger partial charge < -0.3 is 25.0 Å². The van der Waals surface area contributed by atoms with Crippen LogP contribution in [-0.4, -0.2) is 82.0 Å².